The van der Waals surface area contributed by atoms with E-state index in [0.29, 0.717) is 0 Å². The first-order chi connectivity index (χ1) is 9.31. The molecule has 0 aliphatic carbocycles. The summed E-state index contributed by atoms with van der Waals surface area (Å²) in [7, 11) is 0. The lowest BCUT2D eigenvalue weighted by molar-refractivity contribution is 0.288. The predicted molar refractivity (Wildman–Crippen MR) is 77.1 cm³/mol. The Hall–Kier alpha value is -1.81. The third-order valence-corrected chi connectivity index (χ3v) is 3.06. The Morgan fingerprint density at radius 3 is 2.95 bits per heavy atom. The summed E-state index contributed by atoms with van der Waals surface area (Å²) in [5.74, 6) is 0. The van der Waals surface area contributed by atoms with E-state index in [1.807, 2.05) is 16.9 Å². The molecule has 0 aliphatic rings. The lowest BCUT2D eigenvalue weighted by Gasteiger charge is -2.07. The van der Waals surface area contributed by atoms with Crippen molar-refractivity contribution >= 4 is 5.69 Å². The molecule has 0 amide bonds. The third kappa shape index (κ3) is 4.10. The number of rotatable bonds is 7. The highest BCUT2D eigenvalue weighted by atomic mass is 16.2. The van der Waals surface area contributed by atoms with Gasteiger partial charge in [0.1, 0.15) is 0 Å². The zero-order valence-electron chi connectivity index (χ0n) is 11.3. The fraction of sp³-hybridized carbons (Fsp3) is 0.400. The topological polar surface area (TPSA) is 50.1 Å². The number of hydrogen-bond acceptors (Lipinski definition) is 3. The smallest absolute Gasteiger partial charge is 0.0539 e. The van der Waals surface area contributed by atoms with E-state index in [1.165, 1.54) is 11.1 Å². The van der Waals surface area contributed by atoms with E-state index in [2.05, 4.69) is 41.7 Å². The zero-order valence-corrected chi connectivity index (χ0v) is 11.3. The minimum Gasteiger partial charge on any atom is -0.396 e. The maximum atomic E-state index is 8.85. The van der Waals surface area contributed by atoms with Crippen molar-refractivity contribution in [2.75, 3.05) is 11.9 Å². The number of aliphatic hydroxyl groups is 1. The molecule has 2 aromatic rings. The SMILES string of the molecule is CCn1cc(CNc2cccc(CCCO)c2)cn1. The minimum atomic E-state index is 0.244. The second-order valence-electron chi connectivity index (χ2n) is 4.59. The Morgan fingerprint density at radius 2 is 2.21 bits per heavy atom. The van der Waals surface area contributed by atoms with Crippen LogP contribution in [-0.2, 0) is 19.5 Å². The summed E-state index contributed by atoms with van der Waals surface area (Å²) in [4.78, 5) is 0. The largest absolute Gasteiger partial charge is 0.396 e. The summed E-state index contributed by atoms with van der Waals surface area (Å²) in [6.45, 7) is 4.00. The number of aryl methyl sites for hydroxylation is 2. The predicted octanol–water partition coefficient (Wildman–Crippen LogP) is 2.44. The maximum Gasteiger partial charge on any atom is 0.0539 e. The molecule has 0 saturated carbocycles. The number of hydrogen-bond donors (Lipinski definition) is 2. The highest BCUT2D eigenvalue weighted by molar-refractivity contribution is 5.46. The Labute approximate surface area is 114 Å². The van der Waals surface area contributed by atoms with Crippen molar-refractivity contribution < 1.29 is 5.11 Å². The van der Waals surface area contributed by atoms with Crippen LogP contribution in [0.2, 0.25) is 0 Å². The van der Waals surface area contributed by atoms with Gasteiger partial charge in [-0.05, 0) is 37.5 Å². The Morgan fingerprint density at radius 1 is 1.32 bits per heavy atom. The third-order valence-electron chi connectivity index (χ3n) is 3.06. The lowest BCUT2D eigenvalue weighted by Crippen LogP contribution is -1.99. The molecule has 4 heteroatoms. The van der Waals surface area contributed by atoms with E-state index in [9.17, 15) is 0 Å². The molecule has 1 aromatic heterocycles. The van der Waals surface area contributed by atoms with Gasteiger partial charge in [-0.15, -0.1) is 0 Å². The number of nitrogens with one attached hydrogen (secondary N) is 1. The van der Waals surface area contributed by atoms with Crippen molar-refractivity contribution in [1.82, 2.24) is 9.78 Å². The Bertz CT molecular complexity index is 508. The molecule has 2 rings (SSSR count). The number of benzene rings is 1. The van der Waals surface area contributed by atoms with E-state index in [4.69, 9.17) is 5.11 Å². The van der Waals surface area contributed by atoms with Gasteiger partial charge in [0.2, 0.25) is 0 Å². The molecular formula is C15H21N3O. The average Bonchev–Trinajstić information content (AvgIpc) is 2.91. The van der Waals surface area contributed by atoms with Crippen LogP contribution in [0.5, 0.6) is 0 Å². The van der Waals surface area contributed by atoms with E-state index < -0.39 is 0 Å². The Kier molecular flexibility index (Phi) is 4.98. The van der Waals surface area contributed by atoms with Crippen LogP contribution in [0.25, 0.3) is 0 Å². The molecule has 1 aromatic carbocycles. The van der Waals surface area contributed by atoms with Crippen molar-refractivity contribution in [3.8, 4) is 0 Å². The summed E-state index contributed by atoms with van der Waals surface area (Å²) in [6.07, 6.45) is 5.68. The van der Waals surface area contributed by atoms with Gasteiger partial charge >= 0.3 is 0 Å². The van der Waals surface area contributed by atoms with Gasteiger partial charge in [0, 0.05) is 37.1 Å². The molecule has 0 atom stereocenters. The van der Waals surface area contributed by atoms with Crippen LogP contribution >= 0.6 is 0 Å². The first-order valence-corrected chi connectivity index (χ1v) is 6.77. The fourth-order valence-electron chi connectivity index (χ4n) is 1.99. The number of aromatic nitrogens is 2. The van der Waals surface area contributed by atoms with Crippen LogP contribution < -0.4 is 5.32 Å². The molecule has 102 valence electrons. The second-order valence-corrected chi connectivity index (χ2v) is 4.59. The summed E-state index contributed by atoms with van der Waals surface area (Å²) in [5, 5.41) is 16.5. The molecule has 2 N–H and O–H groups in total. The van der Waals surface area contributed by atoms with Crippen molar-refractivity contribution in [2.45, 2.75) is 32.9 Å². The first kappa shape index (κ1) is 13.6. The van der Waals surface area contributed by atoms with Gasteiger partial charge in [0.25, 0.3) is 0 Å². The van der Waals surface area contributed by atoms with Gasteiger partial charge in [-0.3, -0.25) is 4.68 Å². The van der Waals surface area contributed by atoms with Crippen molar-refractivity contribution in [2.24, 2.45) is 0 Å². The molecular weight excluding hydrogens is 238 g/mol. The fourth-order valence-corrected chi connectivity index (χ4v) is 1.99. The van der Waals surface area contributed by atoms with Crippen LogP contribution in [0.3, 0.4) is 0 Å². The van der Waals surface area contributed by atoms with Gasteiger partial charge < -0.3 is 10.4 Å². The van der Waals surface area contributed by atoms with Gasteiger partial charge in [0.05, 0.1) is 6.20 Å². The molecule has 0 bridgehead atoms. The van der Waals surface area contributed by atoms with Gasteiger partial charge in [0.15, 0.2) is 0 Å². The molecule has 1 heterocycles. The van der Waals surface area contributed by atoms with Gasteiger partial charge in [-0.25, -0.2) is 0 Å². The molecule has 0 unspecified atom stereocenters. The van der Waals surface area contributed by atoms with Gasteiger partial charge in [-0.1, -0.05) is 12.1 Å². The van der Waals surface area contributed by atoms with Crippen LogP contribution in [0.4, 0.5) is 5.69 Å². The average molecular weight is 259 g/mol. The van der Waals surface area contributed by atoms with Crippen molar-refractivity contribution in [3.05, 3.63) is 47.8 Å². The second kappa shape index (κ2) is 6.95. The van der Waals surface area contributed by atoms with Gasteiger partial charge in [-0.2, -0.15) is 5.10 Å². The van der Waals surface area contributed by atoms with Crippen molar-refractivity contribution in [3.63, 3.8) is 0 Å². The quantitative estimate of drug-likeness (QED) is 0.803. The maximum absolute atomic E-state index is 8.85. The summed E-state index contributed by atoms with van der Waals surface area (Å²) in [5.41, 5.74) is 3.55. The molecule has 19 heavy (non-hydrogen) atoms. The summed E-state index contributed by atoms with van der Waals surface area (Å²) < 4.78 is 1.93. The lowest BCUT2D eigenvalue weighted by atomic mass is 10.1. The monoisotopic (exact) mass is 259 g/mol. The molecule has 4 nitrogen and oxygen atoms in total. The van der Waals surface area contributed by atoms with E-state index >= 15 is 0 Å². The van der Waals surface area contributed by atoms with Crippen molar-refractivity contribution in [1.29, 1.82) is 0 Å². The molecule has 0 fully saturated rings. The molecule has 0 spiro atoms. The number of nitrogens with zero attached hydrogens (tertiary/aromatic N) is 2. The highest BCUT2D eigenvalue weighted by Gasteiger charge is 1.99. The molecule has 0 radical (unpaired) electrons. The summed E-state index contributed by atoms with van der Waals surface area (Å²) in [6, 6.07) is 8.34. The van der Waals surface area contributed by atoms with Crippen LogP contribution in [0.15, 0.2) is 36.7 Å². The molecule has 0 saturated heterocycles. The number of anilines is 1. The van der Waals surface area contributed by atoms with E-state index in [0.717, 1.165) is 31.6 Å². The molecule has 0 aliphatic heterocycles. The first-order valence-electron chi connectivity index (χ1n) is 6.77. The highest BCUT2D eigenvalue weighted by Crippen LogP contribution is 2.13. The minimum absolute atomic E-state index is 0.244. The normalized spacial score (nSPS) is 10.6. The van der Waals surface area contributed by atoms with E-state index in [-0.39, 0.29) is 6.61 Å². The zero-order chi connectivity index (χ0) is 13.5. The van der Waals surface area contributed by atoms with Crippen LogP contribution in [-0.4, -0.2) is 21.5 Å². The standard InChI is InChI=1S/C15H21N3O/c1-2-18-12-14(11-17-18)10-16-15-7-3-5-13(9-15)6-4-8-19/h3,5,7,9,11-12,16,19H,2,4,6,8,10H2,1H3. The van der Waals surface area contributed by atoms with Crippen LogP contribution in [0.1, 0.15) is 24.5 Å². The Balaban J connectivity index is 1.91. The van der Waals surface area contributed by atoms with E-state index in [1.54, 1.807) is 0 Å². The van der Waals surface area contributed by atoms with Crippen LogP contribution in [0, 0.1) is 0 Å². The number of aliphatic hydroxyl groups excluding tert-OH is 1. The summed E-state index contributed by atoms with van der Waals surface area (Å²) >= 11 is 0.